The van der Waals surface area contributed by atoms with Gasteiger partial charge < -0.3 is 10.2 Å². The maximum Gasteiger partial charge on any atom is 0.416 e. The molecule has 0 atom stereocenters. The van der Waals surface area contributed by atoms with Gasteiger partial charge in [0.15, 0.2) is 0 Å². The molecular weight excluding hydrogens is 305 g/mol. The minimum absolute atomic E-state index is 0.176. The van der Waals surface area contributed by atoms with Crippen molar-refractivity contribution in [2.45, 2.75) is 51.4 Å². The van der Waals surface area contributed by atoms with E-state index in [1.54, 1.807) is 7.05 Å². The fourth-order valence-electron chi connectivity index (χ4n) is 2.83. The van der Waals surface area contributed by atoms with Crippen molar-refractivity contribution >= 4 is 6.03 Å². The summed E-state index contributed by atoms with van der Waals surface area (Å²) in [6.07, 6.45) is -0.122. The number of nitrogens with zero attached hydrogens (tertiary/aromatic N) is 1. The van der Waals surface area contributed by atoms with E-state index in [0.717, 1.165) is 37.8 Å². The highest BCUT2D eigenvalue weighted by atomic mass is 19.4. The molecule has 1 aromatic rings. The largest absolute Gasteiger partial charge is 0.416 e. The SMILES string of the molecule is CC1CCC(NC(=O)N(C)Cc2ccc(C(F)(F)F)cc2)CC1. The maximum atomic E-state index is 12.5. The van der Waals surface area contributed by atoms with Gasteiger partial charge in [0.05, 0.1) is 5.56 Å². The Bertz CT molecular complexity index is 520. The lowest BCUT2D eigenvalue weighted by Gasteiger charge is -2.29. The Morgan fingerprint density at radius 3 is 2.26 bits per heavy atom. The Balaban J connectivity index is 1.86. The molecular formula is C17H23F3N2O. The standard InChI is InChI=1S/C17H23F3N2O/c1-12-3-9-15(10-4-12)21-16(23)22(2)11-13-5-7-14(8-6-13)17(18,19)20/h5-8,12,15H,3-4,9-11H2,1-2H3,(H,21,23). The Hall–Kier alpha value is -1.72. The third kappa shape index (κ3) is 5.15. The molecule has 1 aromatic carbocycles. The predicted molar refractivity (Wildman–Crippen MR) is 82.9 cm³/mol. The van der Waals surface area contributed by atoms with Gasteiger partial charge in [0, 0.05) is 19.6 Å². The lowest BCUT2D eigenvalue weighted by Crippen LogP contribution is -2.44. The molecule has 0 bridgehead atoms. The lowest BCUT2D eigenvalue weighted by molar-refractivity contribution is -0.137. The van der Waals surface area contributed by atoms with E-state index in [1.807, 2.05) is 0 Å². The first-order valence-electron chi connectivity index (χ1n) is 7.93. The van der Waals surface area contributed by atoms with Crippen molar-refractivity contribution < 1.29 is 18.0 Å². The summed E-state index contributed by atoms with van der Waals surface area (Å²) in [5.41, 5.74) is -0.00223. The van der Waals surface area contributed by atoms with E-state index in [2.05, 4.69) is 12.2 Å². The number of amides is 2. The van der Waals surface area contributed by atoms with Crippen molar-refractivity contribution in [1.82, 2.24) is 10.2 Å². The number of hydrogen-bond donors (Lipinski definition) is 1. The molecule has 23 heavy (non-hydrogen) atoms. The molecule has 0 aromatic heterocycles. The Morgan fingerprint density at radius 1 is 1.17 bits per heavy atom. The second kappa shape index (κ2) is 7.23. The first-order chi connectivity index (χ1) is 10.8. The number of urea groups is 1. The number of nitrogens with one attached hydrogen (secondary N) is 1. The van der Waals surface area contributed by atoms with Gasteiger partial charge in [-0.05, 0) is 49.3 Å². The molecule has 0 saturated heterocycles. The summed E-state index contributed by atoms with van der Waals surface area (Å²) in [5, 5.41) is 3.00. The van der Waals surface area contributed by atoms with Crippen LogP contribution in [0.2, 0.25) is 0 Å². The zero-order valence-electron chi connectivity index (χ0n) is 13.5. The molecule has 1 aliphatic rings. The van der Waals surface area contributed by atoms with Crippen molar-refractivity contribution in [3.8, 4) is 0 Å². The molecule has 2 rings (SSSR count). The molecule has 0 aliphatic heterocycles. The van der Waals surface area contributed by atoms with E-state index in [9.17, 15) is 18.0 Å². The molecule has 0 radical (unpaired) electrons. The summed E-state index contributed by atoms with van der Waals surface area (Å²) in [6.45, 7) is 2.50. The number of rotatable bonds is 3. The van der Waals surface area contributed by atoms with E-state index < -0.39 is 11.7 Å². The van der Waals surface area contributed by atoms with Crippen molar-refractivity contribution in [3.63, 3.8) is 0 Å². The summed E-state index contributed by atoms with van der Waals surface area (Å²) in [5.74, 6) is 0.716. The Morgan fingerprint density at radius 2 is 1.74 bits per heavy atom. The van der Waals surface area contributed by atoms with Gasteiger partial charge in [0.25, 0.3) is 0 Å². The topological polar surface area (TPSA) is 32.3 Å². The molecule has 3 nitrogen and oxygen atoms in total. The van der Waals surface area contributed by atoms with Crippen LogP contribution in [-0.4, -0.2) is 24.0 Å². The number of alkyl halides is 3. The minimum Gasteiger partial charge on any atom is -0.335 e. The molecule has 1 fully saturated rings. The van der Waals surface area contributed by atoms with Gasteiger partial charge in [0.1, 0.15) is 0 Å². The number of carbonyl (C=O) groups is 1. The average Bonchev–Trinajstić information content (AvgIpc) is 2.49. The van der Waals surface area contributed by atoms with Crippen LogP contribution >= 0.6 is 0 Å². The van der Waals surface area contributed by atoms with E-state index in [-0.39, 0.29) is 18.6 Å². The molecule has 6 heteroatoms. The van der Waals surface area contributed by atoms with Gasteiger partial charge in [-0.2, -0.15) is 13.2 Å². The lowest BCUT2D eigenvalue weighted by atomic mass is 9.87. The van der Waals surface area contributed by atoms with Gasteiger partial charge in [-0.25, -0.2) is 4.79 Å². The first-order valence-corrected chi connectivity index (χ1v) is 7.93. The highest BCUT2D eigenvalue weighted by Gasteiger charge is 2.30. The molecule has 2 amide bonds. The molecule has 1 N–H and O–H groups in total. The van der Waals surface area contributed by atoms with Crippen LogP contribution in [-0.2, 0) is 12.7 Å². The fourth-order valence-corrected chi connectivity index (χ4v) is 2.83. The summed E-state index contributed by atoms with van der Waals surface area (Å²) in [7, 11) is 1.65. The van der Waals surface area contributed by atoms with Gasteiger partial charge in [-0.1, -0.05) is 19.1 Å². The van der Waals surface area contributed by atoms with Crippen LogP contribution in [0.3, 0.4) is 0 Å². The zero-order valence-corrected chi connectivity index (χ0v) is 13.5. The quantitative estimate of drug-likeness (QED) is 0.875. The highest BCUT2D eigenvalue weighted by Crippen LogP contribution is 2.29. The highest BCUT2D eigenvalue weighted by molar-refractivity contribution is 5.74. The maximum absolute atomic E-state index is 12.5. The normalized spacial score (nSPS) is 21.8. The summed E-state index contributed by atoms with van der Waals surface area (Å²) in [4.78, 5) is 13.7. The number of carbonyl (C=O) groups excluding carboxylic acids is 1. The van der Waals surface area contributed by atoms with Crippen molar-refractivity contribution in [2.75, 3.05) is 7.05 Å². The molecule has 0 spiro atoms. The van der Waals surface area contributed by atoms with Gasteiger partial charge in [-0.15, -0.1) is 0 Å². The summed E-state index contributed by atoms with van der Waals surface area (Å²) >= 11 is 0. The minimum atomic E-state index is -4.33. The van der Waals surface area contributed by atoms with Crippen LogP contribution in [0.25, 0.3) is 0 Å². The van der Waals surface area contributed by atoms with E-state index >= 15 is 0 Å². The van der Waals surface area contributed by atoms with Crippen LogP contribution in [0.15, 0.2) is 24.3 Å². The molecule has 128 valence electrons. The van der Waals surface area contributed by atoms with E-state index in [4.69, 9.17) is 0 Å². The van der Waals surface area contributed by atoms with Crippen LogP contribution in [0.5, 0.6) is 0 Å². The fraction of sp³-hybridized carbons (Fsp3) is 0.588. The number of hydrogen-bond acceptors (Lipinski definition) is 1. The van der Waals surface area contributed by atoms with Gasteiger partial charge in [0.2, 0.25) is 0 Å². The molecule has 0 heterocycles. The average molecular weight is 328 g/mol. The van der Waals surface area contributed by atoms with E-state index in [1.165, 1.54) is 17.0 Å². The molecule has 1 aliphatic carbocycles. The third-order valence-electron chi connectivity index (χ3n) is 4.39. The second-order valence-corrected chi connectivity index (χ2v) is 6.46. The summed E-state index contributed by atoms with van der Waals surface area (Å²) < 4.78 is 37.6. The second-order valence-electron chi connectivity index (χ2n) is 6.46. The van der Waals surface area contributed by atoms with Crippen molar-refractivity contribution in [1.29, 1.82) is 0 Å². The summed E-state index contributed by atoms with van der Waals surface area (Å²) in [6, 6.07) is 4.94. The van der Waals surface area contributed by atoms with Crippen molar-refractivity contribution in [3.05, 3.63) is 35.4 Å². The van der Waals surface area contributed by atoms with Gasteiger partial charge >= 0.3 is 12.2 Å². The van der Waals surface area contributed by atoms with Crippen LogP contribution in [0.4, 0.5) is 18.0 Å². The zero-order chi connectivity index (χ0) is 17.0. The smallest absolute Gasteiger partial charge is 0.335 e. The van der Waals surface area contributed by atoms with Crippen LogP contribution in [0, 0.1) is 5.92 Å². The Kier molecular flexibility index (Phi) is 5.55. The first kappa shape index (κ1) is 17.6. The Labute approximate surface area is 134 Å². The molecule has 0 unspecified atom stereocenters. The molecule has 1 saturated carbocycles. The van der Waals surface area contributed by atoms with E-state index in [0.29, 0.717) is 11.5 Å². The number of benzene rings is 1. The predicted octanol–water partition coefficient (Wildman–Crippen LogP) is 4.43. The van der Waals surface area contributed by atoms with Crippen LogP contribution in [0.1, 0.15) is 43.7 Å². The monoisotopic (exact) mass is 328 g/mol. The van der Waals surface area contributed by atoms with Gasteiger partial charge in [-0.3, -0.25) is 0 Å². The van der Waals surface area contributed by atoms with Crippen molar-refractivity contribution in [2.24, 2.45) is 5.92 Å². The third-order valence-corrected chi connectivity index (χ3v) is 4.39. The van der Waals surface area contributed by atoms with Crippen LogP contribution < -0.4 is 5.32 Å². The number of halogens is 3.